The maximum absolute atomic E-state index is 11.1. The second-order valence-electron chi connectivity index (χ2n) is 7.67. The number of carbonyl (C=O) groups is 5. The lowest BCUT2D eigenvalue weighted by molar-refractivity contribution is -0.887. The van der Waals surface area contributed by atoms with Crippen molar-refractivity contribution in [3.8, 4) is 0 Å². The largest absolute Gasteiger partial charge is 0.539 e. The zero-order chi connectivity index (χ0) is 23.3. The summed E-state index contributed by atoms with van der Waals surface area (Å²) in [4.78, 5) is 47.2. The van der Waals surface area contributed by atoms with Gasteiger partial charge in [-0.15, -0.1) is 0 Å². The molecule has 12 heteroatoms. The first-order valence-electron chi connectivity index (χ1n) is 8.05. The first-order chi connectivity index (χ1) is 12.3. The SMILES string of the molecule is C[N+](C)(C)CCCC[C@@H](C(=O)O)[N+](C)(C)C.O=C([O-])C(=O)O.O=C([O-])C(=O)O. The number of carboxylic acids is 5. The Balaban J connectivity index is -0.000000426. The number of hydrogen-bond donors (Lipinski definition) is 3. The Labute approximate surface area is 163 Å². The lowest BCUT2D eigenvalue weighted by Crippen LogP contribution is -2.49. The summed E-state index contributed by atoms with van der Waals surface area (Å²) in [6.07, 6.45) is 2.84. The van der Waals surface area contributed by atoms with E-state index in [2.05, 4.69) is 21.1 Å². The lowest BCUT2D eigenvalue weighted by atomic mass is 10.1. The van der Waals surface area contributed by atoms with E-state index in [4.69, 9.17) is 44.7 Å². The van der Waals surface area contributed by atoms with E-state index in [9.17, 15) is 4.79 Å². The highest BCUT2D eigenvalue weighted by Crippen LogP contribution is 2.12. The van der Waals surface area contributed by atoms with Crippen molar-refractivity contribution in [2.45, 2.75) is 25.3 Å². The molecular formula is C16H30N2O10. The molecule has 0 saturated heterocycles. The Kier molecular flexibility index (Phi) is 14.4. The van der Waals surface area contributed by atoms with Crippen LogP contribution in [0.15, 0.2) is 0 Å². The third-order valence-corrected chi connectivity index (χ3v) is 3.13. The van der Waals surface area contributed by atoms with Crippen LogP contribution in [0.1, 0.15) is 19.3 Å². The molecule has 0 fully saturated rings. The van der Waals surface area contributed by atoms with Crippen molar-refractivity contribution < 1.29 is 58.5 Å². The van der Waals surface area contributed by atoms with Crippen LogP contribution in [0.4, 0.5) is 0 Å². The molecule has 1 atom stereocenters. The van der Waals surface area contributed by atoms with Gasteiger partial charge in [0.05, 0.1) is 48.8 Å². The second-order valence-corrected chi connectivity index (χ2v) is 7.67. The number of nitrogens with zero attached hydrogens (tertiary/aromatic N) is 2. The quantitative estimate of drug-likeness (QED) is 0.217. The number of hydrogen-bond acceptors (Lipinski definition) is 7. The van der Waals surface area contributed by atoms with Crippen LogP contribution in [0.25, 0.3) is 0 Å². The summed E-state index contributed by atoms with van der Waals surface area (Å²) in [5.74, 6) is -8.70. The van der Waals surface area contributed by atoms with E-state index >= 15 is 0 Å². The lowest BCUT2D eigenvalue weighted by Gasteiger charge is -2.31. The number of aliphatic carboxylic acids is 5. The molecule has 0 aromatic rings. The van der Waals surface area contributed by atoms with Gasteiger partial charge in [0.1, 0.15) is 0 Å². The van der Waals surface area contributed by atoms with E-state index in [0.717, 1.165) is 30.3 Å². The van der Waals surface area contributed by atoms with Crippen LogP contribution in [-0.4, -0.2) is 109 Å². The van der Waals surface area contributed by atoms with Gasteiger partial charge in [0.15, 0.2) is 18.0 Å². The monoisotopic (exact) mass is 410 g/mol. The first-order valence-corrected chi connectivity index (χ1v) is 8.05. The fraction of sp³-hybridized carbons (Fsp3) is 0.688. The van der Waals surface area contributed by atoms with Crippen molar-refractivity contribution in [2.75, 3.05) is 48.8 Å². The molecule has 0 aliphatic carbocycles. The summed E-state index contributed by atoms with van der Waals surface area (Å²) in [5, 5.41) is 41.8. The van der Waals surface area contributed by atoms with E-state index in [-0.39, 0.29) is 6.04 Å². The van der Waals surface area contributed by atoms with Gasteiger partial charge >= 0.3 is 17.9 Å². The van der Waals surface area contributed by atoms with E-state index in [1.165, 1.54) is 0 Å². The van der Waals surface area contributed by atoms with Crippen molar-refractivity contribution >= 4 is 29.8 Å². The van der Waals surface area contributed by atoms with Gasteiger partial charge in [-0.2, -0.15) is 0 Å². The Bertz CT molecular complexity index is 499. The van der Waals surface area contributed by atoms with E-state index in [1.54, 1.807) is 0 Å². The third-order valence-electron chi connectivity index (χ3n) is 3.13. The summed E-state index contributed by atoms with van der Waals surface area (Å²) in [5.41, 5.74) is 0. The zero-order valence-electron chi connectivity index (χ0n) is 17.0. The van der Waals surface area contributed by atoms with Gasteiger partial charge in [-0.1, -0.05) is 0 Å². The summed E-state index contributed by atoms with van der Waals surface area (Å²) < 4.78 is 1.45. The highest BCUT2D eigenvalue weighted by molar-refractivity contribution is 6.26. The van der Waals surface area contributed by atoms with Gasteiger partial charge < -0.3 is 44.1 Å². The van der Waals surface area contributed by atoms with Crippen LogP contribution < -0.4 is 10.2 Å². The van der Waals surface area contributed by atoms with Crippen LogP contribution in [-0.2, 0) is 24.0 Å². The van der Waals surface area contributed by atoms with E-state index in [1.807, 2.05) is 21.1 Å². The van der Waals surface area contributed by atoms with Crippen molar-refractivity contribution in [3.05, 3.63) is 0 Å². The maximum Gasteiger partial charge on any atom is 0.362 e. The van der Waals surface area contributed by atoms with Crippen molar-refractivity contribution in [1.29, 1.82) is 0 Å². The molecule has 0 radical (unpaired) electrons. The molecule has 0 heterocycles. The standard InChI is InChI=1S/C12H27N2O2.2C2H2O4/c1-13(2,3)10-8-7-9-11(12(15)16)14(4,5)6;2*3-1(4)2(5)6/h11H,7-10H2,1-6H3;2*(H,3,4)(H,5,6)/q+1;;/p-1/t11-;;/m0../s1. The van der Waals surface area contributed by atoms with Gasteiger partial charge in [-0.3, -0.25) is 0 Å². The number of quaternary nitrogens is 2. The molecule has 0 aliphatic rings. The van der Waals surface area contributed by atoms with E-state index < -0.39 is 29.8 Å². The van der Waals surface area contributed by atoms with Crippen molar-refractivity contribution in [2.24, 2.45) is 0 Å². The Morgan fingerprint density at radius 2 is 1.07 bits per heavy atom. The maximum atomic E-state index is 11.1. The second kappa shape index (κ2) is 13.4. The molecule has 0 amide bonds. The number of carbonyl (C=O) groups excluding carboxylic acids is 2. The minimum Gasteiger partial charge on any atom is -0.539 e. The van der Waals surface area contributed by atoms with E-state index in [0.29, 0.717) is 4.48 Å². The predicted molar refractivity (Wildman–Crippen MR) is 91.5 cm³/mol. The molecule has 164 valence electrons. The van der Waals surface area contributed by atoms with Crippen LogP contribution in [0.5, 0.6) is 0 Å². The van der Waals surface area contributed by atoms with Gasteiger partial charge in [0.2, 0.25) is 0 Å². The van der Waals surface area contributed by atoms with Crippen LogP contribution in [0, 0.1) is 0 Å². The Morgan fingerprint density at radius 3 is 1.25 bits per heavy atom. The average Bonchev–Trinajstić information content (AvgIpc) is 2.44. The fourth-order valence-electron chi connectivity index (χ4n) is 1.77. The summed E-state index contributed by atoms with van der Waals surface area (Å²) in [6.45, 7) is 1.10. The average molecular weight is 410 g/mol. The number of likely N-dealkylation sites (N-methyl/N-ethyl adjacent to an activating group) is 1. The van der Waals surface area contributed by atoms with Crippen LogP contribution in [0.3, 0.4) is 0 Å². The van der Waals surface area contributed by atoms with Crippen molar-refractivity contribution in [3.63, 3.8) is 0 Å². The van der Waals surface area contributed by atoms with Gasteiger partial charge in [0, 0.05) is 6.42 Å². The topological polar surface area (TPSA) is 192 Å². The van der Waals surface area contributed by atoms with Crippen LogP contribution in [0.2, 0.25) is 0 Å². The normalized spacial score (nSPS) is 11.6. The number of rotatable bonds is 7. The summed E-state index contributed by atoms with van der Waals surface area (Å²) >= 11 is 0. The molecule has 28 heavy (non-hydrogen) atoms. The molecule has 12 nitrogen and oxygen atoms in total. The molecule has 0 aromatic carbocycles. The molecule has 0 spiro atoms. The number of unbranched alkanes of at least 4 members (excludes halogenated alkanes) is 1. The predicted octanol–water partition coefficient (Wildman–Crippen LogP) is -3.34. The number of carboxylic acid groups (broad SMARTS) is 5. The molecule has 0 aromatic heterocycles. The molecule has 0 rings (SSSR count). The van der Waals surface area contributed by atoms with Gasteiger partial charge in [-0.25, -0.2) is 14.4 Å². The molecule has 0 unspecified atom stereocenters. The van der Waals surface area contributed by atoms with Gasteiger partial charge in [-0.05, 0) is 12.8 Å². The smallest absolute Gasteiger partial charge is 0.362 e. The highest BCUT2D eigenvalue weighted by atomic mass is 16.4. The zero-order valence-corrected chi connectivity index (χ0v) is 17.0. The molecular weight excluding hydrogens is 380 g/mol. The minimum atomic E-state index is -2.07. The summed E-state index contributed by atoms with van der Waals surface area (Å²) in [7, 11) is 12.3. The Hall–Kier alpha value is -2.73. The van der Waals surface area contributed by atoms with Crippen molar-refractivity contribution in [1.82, 2.24) is 0 Å². The first kappa shape index (κ1) is 30.0. The highest BCUT2D eigenvalue weighted by Gasteiger charge is 2.30. The molecule has 0 saturated carbocycles. The molecule has 3 N–H and O–H groups in total. The summed E-state index contributed by atoms with van der Waals surface area (Å²) in [6, 6.07) is -0.285. The third kappa shape index (κ3) is 21.3. The van der Waals surface area contributed by atoms with Crippen LogP contribution >= 0.6 is 0 Å². The molecule has 0 bridgehead atoms. The molecule has 0 aliphatic heterocycles. The Morgan fingerprint density at radius 1 is 0.750 bits per heavy atom. The van der Waals surface area contributed by atoms with Gasteiger partial charge in [0.25, 0.3) is 0 Å². The minimum absolute atomic E-state index is 0.285. The fourth-order valence-corrected chi connectivity index (χ4v) is 1.77.